The Morgan fingerprint density at radius 1 is 1.08 bits per heavy atom. The molecular weight excluding hydrogens is 191 g/mol. The molecule has 0 nitrogen and oxygen atoms in total. The van der Waals surface area contributed by atoms with E-state index in [0.717, 1.165) is 12.1 Å². The van der Waals surface area contributed by atoms with Crippen molar-refractivity contribution in [3.8, 4) is 0 Å². The van der Waals surface area contributed by atoms with Crippen molar-refractivity contribution in [1.29, 1.82) is 0 Å². The van der Waals surface area contributed by atoms with E-state index in [1.807, 2.05) is 9.24 Å². The monoisotopic (exact) mass is 196 g/mol. The van der Waals surface area contributed by atoms with E-state index in [1.54, 1.807) is 0 Å². The summed E-state index contributed by atoms with van der Waals surface area (Å²) in [6.07, 6.45) is -4.48. The van der Waals surface area contributed by atoms with Crippen LogP contribution < -0.4 is 5.30 Å². The van der Waals surface area contributed by atoms with Gasteiger partial charge in [-0.2, -0.15) is 13.2 Å². The highest BCUT2D eigenvalue weighted by Gasteiger charge is 2.30. The molecule has 0 aliphatic heterocycles. The molecule has 0 amide bonds. The van der Waals surface area contributed by atoms with Crippen LogP contribution in [-0.2, 0) is 6.18 Å². The van der Waals surface area contributed by atoms with Crippen LogP contribution in [0.3, 0.4) is 0 Å². The minimum atomic E-state index is -4.48. The molecule has 0 radical (unpaired) electrons. The van der Waals surface area contributed by atoms with Crippen LogP contribution in [0, 0.1) is 5.82 Å². The molecule has 0 saturated heterocycles. The van der Waals surface area contributed by atoms with E-state index < -0.39 is 17.6 Å². The zero-order valence-corrected chi connectivity index (χ0v) is 6.98. The largest absolute Gasteiger partial charge is 0.416 e. The van der Waals surface area contributed by atoms with Gasteiger partial charge in [-0.15, -0.1) is 9.24 Å². The number of hydrogen-bond donors (Lipinski definition) is 0. The molecule has 66 valence electrons. The predicted octanol–water partition coefficient (Wildman–Crippen LogP) is 2.34. The summed E-state index contributed by atoms with van der Waals surface area (Å²) in [6.45, 7) is 0. The Morgan fingerprint density at radius 2 is 1.67 bits per heavy atom. The minimum absolute atomic E-state index is 0.183. The quantitative estimate of drug-likeness (QED) is 0.441. The van der Waals surface area contributed by atoms with Crippen molar-refractivity contribution < 1.29 is 17.6 Å². The Morgan fingerprint density at radius 3 is 2.08 bits per heavy atom. The molecular formula is C7H5F4P. The lowest BCUT2D eigenvalue weighted by Gasteiger charge is -2.06. The molecule has 1 atom stereocenters. The standard InChI is InChI=1S/C7H5F4P/c8-5-1-4(7(9,10)11)2-6(12)3-5/h1-3H,12H2. The van der Waals surface area contributed by atoms with Crippen LogP contribution >= 0.6 is 9.24 Å². The van der Waals surface area contributed by atoms with Crippen molar-refractivity contribution in [2.24, 2.45) is 0 Å². The van der Waals surface area contributed by atoms with Gasteiger partial charge < -0.3 is 0 Å². The molecule has 0 aliphatic carbocycles. The number of halogens is 4. The number of benzene rings is 1. The lowest BCUT2D eigenvalue weighted by atomic mass is 10.2. The SMILES string of the molecule is Fc1cc(P)cc(C(F)(F)F)c1. The van der Waals surface area contributed by atoms with Gasteiger partial charge in [-0.1, -0.05) is 0 Å². The van der Waals surface area contributed by atoms with Gasteiger partial charge in [-0.05, 0) is 23.5 Å². The summed E-state index contributed by atoms with van der Waals surface area (Å²) in [6, 6.07) is 2.35. The molecule has 0 N–H and O–H groups in total. The minimum Gasteiger partial charge on any atom is -0.207 e. The van der Waals surface area contributed by atoms with Crippen LogP contribution in [0.4, 0.5) is 17.6 Å². The summed E-state index contributed by atoms with van der Waals surface area (Å²) >= 11 is 0. The second-order valence-corrected chi connectivity index (χ2v) is 2.94. The van der Waals surface area contributed by atoms with Crippen LogP contribution in [0.25, 0.3) is 0 Å². The normalized spacial score (nSPS) is 11.8. The van der Waals surface area contributed by atoms with Gasteiger partial charge in [0.15, 0.2) is 0 Å². The Balaban J connectivity index is 3.18. The highest BCUT2D eigenvalue weighted by Crippen LogP contribution is 2.29. The van der Waals surface area contributed by atoms with Gasteiger partial charge in [-0.25, -0.2) is 4.39 Å². The molecule has 1 unspecified atom stereocenters. The summed E-state index contributed by atoms with van der Waals surface area (Å²) in [5.41, 5.74) is -0.965. The number of alkyl halides is 3. The van der Waals surface area contributed by atoms with Crippen molar-refractivity contribution in [2.45, 2.75) is 6.18 Å². The van der Waals surface area contributed by atoms with Crippen LogP contribution in [0.2, 0.25) is 0 Å². The Kier molecular flexibility index (Phi) is 2.38. The highest BCUT2D eigenvalue weighted by atomic mass is 31.0. The first-order valence-electron chi connectivity index (χ1n) is 3.03. The van der Waals surface area contributed by atoms with Gasteiger partial charge in [0.1, 0.15) is 5.82 Å². The maximum Gasteiger partial charge on any atom is 0.416 e. The molecule has 0 spiro atoms. The summed E-state index contributed by atoms with van der Waals surface area (Å²) < 4.78 is 48.4. The molecule has 1 aromatic carbocycles. The van der Waals surface area contributed by atoms with Crippen LogP contribution in [0.5, 0.6) is 0 Å². The molecule has 1 aromatic rings. The maximum atomic E-state index is 12.4. The van der Waals surface area contributed by atoms with Crippen molar-refractivity contribution in [1.82, 2.24) is 0 Å². The molecule has 0 heterocycles. The average molecular weight is 196 g/mol. The lowest BCUT2D eigenvalue weighted by molar-refractivity contribution is -0.137. The third-order valence-corrected chi connectivity index (χ3v) is 1.58. The fraction of sp³-hybridized carbons (Fsp3) is 0.143. The van der Waals surface area contributed by atoms with Gasteiger partial charge >= 0.3 is 6.18 Å². The smallest absolute Gasteiger partial charge is 0.207 e. The van der Waals surface area contributed by atoms with Gasteiger partial charge in [0.05, 0.1) is 5.56 Å². The first-order valence-corrected chi connectivity index (χ1v) is 3.60. The van der Waals surface area contributed by atoms with E-state index in [2.05, 4.69) is 0 Å². The molecule has 12 heavy (non-hydrogen) atoms. The van der Waals surface area contributed by atoms with Gasteiger partial charge in [0, 0.05) is 0 Å². The second-order valence-electron chi connectivity index (χ2n) is 2.27. The van der Waals surface area contributed by atoms with Crippen LogP contribution in [-0.4, -0.2) is 0 Å². The van der Waals surface area contributed by atoms with Crippen molar-refractivity contribution in [3.05, 3.63) is 29.6 Å². The molecule has 0 aromatic heterocycles. The summed E-state index contributed by atoms with van der Waals surface area (Å²) in [5.74, 6) is -0.880. The van der Waals surface area contributed by atoms with Crippen molar-refractivity contribution in [3.63, 3.8) is 0 Å². The molecule has 5 heteroatoms. The average Bonchev–Trinajstić information content (AvgIpc) is 1.82. The summed E-state index contributed by atoms with van der Waals surface area (Å²) in [5, 5.41) is 0.183. The van der Waals surface area contributed by atoms with E-state index >= 15 is 0 Å². The fourth-order valence-corrected chi connectivity index (χ4v) is 1.11. The van der Waals surface area contributed by atoms with Gasteiger partial charge in [0.25, 0.3) is 0 Å². The summed E-state index contributed by atoms with van der Waals surface area (Å²) in [7, 11) is 2.02. The Hall–Kier alpha value is -0.630. The van der Waals surface area contributed by atoms with E-state index in [4.69, 9.17) is 0 Å². The molecule has 0 aliphatic rings. The maximum absolute atomic E-state index is 12.4. The topological polar surface area (TPSA) is 0 Å². The molecule has 0 saturated carbocycles. The molecule has 1 rings (SSSR count). The van der Waals surface area contributed by atoms with Crippen LogP contribution in [0.1, 0.15) is 5.56 Å². The Bertz CT molecular complexity index is 272. The second kappa shape index (κ2) is 3.02. The predicted molar refractivity (Wildman–Crippen MR) is 40.7 cm³/mol. The number of hydrogen-bond acceptors (Lipinski definition) is 0. The van der Waals surface area contributed by atoms with E-state index in [1.165, 1.54) is 0 Å². The zero-order chi connectivity index (χ0) is 9.35. The van der Waals surface area contributed by atoms with E-state index in [-0.39, 0.29) is 5.30 Å². The third-order valence-electron chi connectivity index (χ3n) is 1.25. The van der Waals surface area contributed by atoms with Crippen molar-refractivity contribution >= 4 is 14.5 Å². The Labute approximate surface area is 68.8 Å². The third kappa shape index (κ3) is 2.18. The molecule has 0 bridgehead atoms. The van der Waals surface area contributed by atoms with Crippen LogP contribution in [0.15, 0.2) is 18.2 Å². The highest BCUT2D eigenvalue weighted by molar-refractivity contribution is 7.27. The lowest BCUT2D eigenvalue weighted by Crippen LogP contribution is -2.08. The number of rotatable bonds is 0. The van der Waals surface area contributed by atoms with E-state index in [0.29, 0.717) is 6.07 Å². The summed E-state index contributed by atoms with van der Waals surface area (Å²) in [4.78, 5) is 0. The fourth-order valence-electron chi connectivity index (χ4n) is 0.776. The zero-order valence-electron chi connectivity index (χ0n) is 5.82. The van der Waals surface area contributed by atoms with Gasteiger partial charge in [-0.3, -0.25) is 0 Å². The first-order chi connectivity index (χ1) is 5.39. The first kappa shape index (κ1) is 9.46. The van der Waals surface area contributed by atoms with Crippen molar-refractivity contribution in [2.75, 3.05) is 0 Å². The van der Waals surface area contributed by atoms with E-state index in [9.17, 15) is 17.6 Å². The van der Waals surface area contributed by atoms with Gasteiger partial charge in [0.2, 0.25) is 0 Å². The molecule has 0 fully saturated rings.